The van der Waals surface area contributed by atoms with Gasteiger partial charge in [0.25, 0.3) is 0 Å². The van der Waals surface area contributed by atoms with Crippen LogP contribution in [0.15, 0.2) is 31.0 Å². The van der Waals surface area contributed by atoms with Crippen LogP contribution in [0.25, 0.3) is 11.3 Å². The summed E-state index contributed by atoms with van der Waals surface area (Å²) in [6.45, 7) is 1.66. The molecule has 0 aliphatic carbocycles. The lowest BCUT2D eigenvalue weighted by molar-refractivity contribution is 0.650. The zero-order valence-electron chi connectivity index (χ0n) is 7.98. The maximum atomic E-state index is 5.44. The molecule has 2 rings (SSSR count). The SMILES string of the molecule is NCCCn1cnc(-c2cc[nH]c2)c1. The molecule has 2 aromatic heterocycles. The minimum atomic E-state index is 0.720. The molecule has 0 aliphatic heterocycles. The van der Waals surface area contributed by atoms with Gasteiger partial charge >= 0.3 is 0 Å². The Kier molecular flexibility index (Phi) is 2.65. The van der Waals surface area contributed by atoms with Crippen molar-refractivity contribution in [2.45, 2.75) is 13.0 Å². The van der Waals surface area contributed by atoms with Crippen molar-refractivity contribution < 1.29 is 0 Å². The molecule has 0 aromatic carbocycles. The topological polar surface area (TPSA) is 59.6 Å². The lowest BCUT2D eigenvalue weighted by Crippen LogP contribution is -2.03. The summed E-state index contributed by atoms with van der Waals surface area (Å²) in [5.74, 6) is 0. The Morgan fingerprint density at radius 1 is 1.50 bits per heavy atom. The van der Waals surface area contributed by atoms with Crippen LogP contribution in [-0.4, -0.2) is 21.1 Å². The third-order valence-electron chi connectivity index (χ3n) is 2.15. The zero-order chi connectivity index (χ0) is 9.80. The highest BCUT2D eigenvalue weighted by Gasteiger charge is 2.01. The van der Waals surface area contributed by atoms with Crippen molar-refractivity contribution in [3.05, 3.63) is 31.0 Å². The molecule has 4 nitrogen and oxygen atoms in total. The molecule has 0 bridgehead atoms. The molecule has 0 spiro atoms. The summed E-state index contributed by atoms with van der Waals surface area (Å²) in [5.41, 5.74) is 7.56. The van der Waals surface area contributed by atoms with Crippen LogP contribution in [0, 0.1) is 0 Å². The summed E-state index contributed by atoms with van der Waals surface area (Å²) in [7, 11) is 0. The van der Waals surface area contributed by atoms with Crippen LogP contribution in [0.2, 0.25) is 0 Å². The van der Waals surface area contributed by atoms with E-state index in [1.54, 1.807) is 0 Å². The summed E-state index contributed by atoms with van der Waals surface area (Å²) in [6.07, 6.45) is 8.71. The zero-order valence-corrected chi connectivity index (χ0v) is 7.98. The van der Waals surface area contributed by atoms with Crippen molar-refractivity contribution in [3.63, 3.8) is 0 Å². The number of nitrogens with one attached hydrogen (secondary N) is 1. The van der Waals surface area contributed by atoms with Crippen LogP contribution in [0.3, 0.4) is 0 Å². The molecule has 0 saturated heterocycles. The Morgan fingerprint density at radius 3 is 3.14 bits per heavy atom. The predicted molar refractivity (Wildman–Crippen MR) is 55.7 cm³/mol. The van der Waals surface area contributed by atoms with Crippen LogP contribution >= 0.6 is 0 Å². The van der Waals surface area contributed by atoms with Gasteiger partial charge in [-0.25, -0.2) is 4.98 Å². The molecular weight excluding hydrogens is 176 g/mol. The molecule has 2 aromatic rings. The van der Waals surface area contributed by atoms with Crippen molar-refractivity contribution in [1.29, 1.82) is 0 Å². The molecule has 74 valence electrons. The van der Waals surface area contributed by atoms with E-state index in [2.05, 4.69) is 14.5 Å². The highest BCUT2D eigenvalue weighted by Crippen LogP contribution is 2.15. The van der Waals surface area contributed by atoms with E-state index in [0.717, 1.165) is 30.8 Å². The molecule has 0 unspecified atom stereocenters. The second-order valence-corrected chi connectivity index (χ2v) is 3.24. The Balaban J connectivity index is 2.10. The minimum Gasteiger partial charge on any atom is -0.367 e. The van der Waals surface area contributed by atoms with Gasteiger partial charge in [-0.3, -0.25) is 0 Å². The number of aromatic nitrogens is 3. The van der Waals surface area contributed by atoms with E-state index in [1.165, 1.54) is 0 Å². The van der Waals surface area contributed by atoms with Crippen molar-refractivity contribution >= 4 is 0 Å². The van der Waals surface area contributed by atoms with E-state index in [4.69, 9.17) is 5.73 Å². The quantitative estimate of drug-likeness (QED) is 0.761. The van der Waals surface area contributed by atoms with Crippen LogP contribution < -0.4 is 5.73 Å². The first-order chi connectivity index (χ1) is 6.90. The fourth-order valence-corrected chi connectivity index (χ4v) is 1.39. The minimum absolute atomic E-state index is 0.720. The molecule has 0 saturated carbocycles. The van der Waals surface area contributed by atoms with E-state index in [1.807, 2.05) is 31.0 Å². The van der Waals surface area contributed by atoms with Gasteiger partial charge in [0.15, 0.2) is 0 Å². The smallest absolute Gasteiger partial charge is 0.0953 e. The fourth-order valence-electron chi connectivity index (χ4n) is 1.39. The molecule has 4 heteroatoms. The van der Waals surface area contributed by atoms with Gasteiger partial charge in [-0.1, -0.05) is 0 Å². The maximum absolute atomic E-state index is 5.44. The van der Waals surface area contributed by atoms with Crippen molar-refractivity contribution in [3.8, 4) is 11.3 Å². The van der Waals surface area contributed by atoms with Gasteiger partial charge in [-0.05, 0) is 19.0 Å². The lowest BCUT2D eigenvalue weighted by atomic mass is 10.3. The number of hydrogen-bond donors (Lipinski definition) is 2. The number of imidazole rings is 1. The van der Waals surface area contributed by atoms with Crippen LogP contribution in [0.1, 0.15) is 6.42 Å². The molecule has 0 aliphatic rings. The van der Waals surface area contributed by atoms with E-state index in [-0.39, 0.29) is 0 Å². The first kappa shape index (κ1) is 9.02. The first-order valence-electron chi connectivity index (χ1n) is 4.75. The maximum Gasteiger partial charge on any atom is 0.0953 e. The summed E-state index contributed by atoms with van der Waals surface area (Å²) >= 11 is 0. The molecule has 0 radical (unpaired) electrons. The number of hydrogen-bond acceptors (Lipinski definition) is 2. The van der Waals surface area contributed by atoms with Crippen molar-refractivity contribution in [2.24, 2.45) is 5.73 Å². The average molecular weight is 190 g/mol. The second-order valence-electron chi connectivity index (χ2n) is 3.24. The monoisotopic (exact) mass is 190 g/mol. The largest absolute Gasteiger partial charge is 0.367 e. The molecule has 2 heterocycles. The van der Waals surface area contributed by atoms with E-state index in [0.29, 0.717) is 0 Å². The second kappa shape index (κ2) is 4.11. The number of nitrogens with two attached hydrogens (primary N) is 1. The fraction of sp³-hybridized carbons (Fsp3) is 0.300. The van der Waals surface area contributed by atoms with Gasteiger partial charge in [-0.2, -0.15) is 0 Å². The van der Waals surface area contributed by atoms with Gasteiger partial charge in [0.05, 0.1) is 12.0 Å². The van der Waals surface area contributed by atoms with Gasteiger partial charge < -0.3 is 15.3 Å². The average Bonchev–Trinajstić information content (AvgIpc) is 2.85. The molecule has 14 heavy (non-hydrogen) atoms. The first-order valence-corrected chi connectivity index (χ1v) is 4.75. The number of aryl methyl sites for hydroxylation is 1. The van der Waals surface area contributed by atoms with E-state index < -0.39 is 0 Å². The van der Waals surface area contributed by atoms with Crippen LogP contribution in [0.5, 0.6) is 0 Å². The van der Waals surface area contributed by atoms with E-state index in [9.17, 15) is 0 Å². The summed E-state index contributed by atoms with van der Waals surface area (Å²) < 4.78 is 2.06. The van der Waals surface area contributed by atoms with Gasteiger partial charge in [0.1, 0.15) is 0 Å². The number of rotatable bonds is 4. The highest BCUT2D eigenvalue weighted by molar-refractivity contribution is 5.56. The number of aromatic amines is 1. The summed E-state index contributed by atoms with van der Waals surface area (Å²) in [4.78, 5) is 7.33. The van der Waals surface area contributed by atoms with Crippen molar-refractivity contribution in [2.75, 3.05) is 6.54 Å². The lowest BCUT2D eigenvalue weighted by Gasteiger charge is -1.97. The van der Waals surface area contributed by atoms with Gasteiger partial charge in [0.2, 0.25) is 0 Å². The molecule has 0 atom stereocenters. The summed E-state index contributed by atoms with van der Waals surface area (Å²) in [6, 6.07) is 2.01. The molecule has 0 fully saturated rings. The predicted octanol–water partition coefficient (Wildman–Crippen LogP) is 1.23. The summed E-state index contributed by atoms with van der Waals surface area (Å²) in [5, 5.41) is 0. The molecule has 0 amide bonds. The normalized spacial score (nSPS) is 10.6. The standard InChI is InChI=1S/C10H14N4/c11-3-1-5-14-7-10(13-8-14)9-2-4-12-6-9/h2,4,6-8,12H,1,3,5,11H2. The molecular formula is C10H14N4. The van der Waals surface area contributed by atoms with Crippen molar-refractivity contribution in [1.82, 2.24) is 14.5 Å². The number of nitrogens with zero attached hydrogens (tertiary/aromatic N) is 2. The van der Waals surface area contributed by atoms with Gasteiger partial charge in [0, 0.05) is 30.7 Å². The molecule has 3 N–H and O–H groups in total. The number of H-pyrrole nitrogens is 1. The Bertz CT molecular complexity index is 374. The Morgan fingerprint density at radius 2 is 2.43 bits per heavy atom. The third-order valence-corrected chi connectivity index (χ3v) is 2.15. The van der Waals surface area contributed by atoms with Crippen LogP contribution in [-0.2, 0) is 6.54 Å². The highest BCUT2D eigenvalue weighted by atomic mass is 15.0. The van der Waals surface area contributed by atoms with Crippen LogP contribution in [0.4, 0.5) is 0 Å². The Hall–Kier alpha value is -1.55. The third kappa shape index (κ3) is 1.85. The Labute approximate surface area is 82.8 Å². The van der Waals surface area contributed by atoms with Gasteiger partial charge in [-0.15, -0.1) is 0 Å². The van der Waals surface area contributed by atoms with E-state index >= 15 is 0 Å².